The Labute approximate surface area is 183 Å². The summed E-state index contributed by atoms with van der Waals surface area (Å²) in [5.74, 6) is 1.14. The van der Waals surface area contributed by atoms with Crippen molar-refractivity contribution >= 4 is 21.6 Å². The number of carbonyl (C=O) groups excluding carboxylic acids is 1. The van der Waals surface area contributed by atoms with Gasteiger partial charge < -0.3 is 14.4 Å². The number of rotatable bonds is 8. The lowest BCUT2D eigenvalue weighted by atomic mass is 10.1. The van der Waals surface area contributed by atoms with Gasteiger partial charge in [0.1, 0.15) is 13.2 Å². The van der Waals surface area contributed by atoms with E-state index in [0.717, 1.165) is 24.9 Å². The number of nitrogens with zero attached hydrogens (tertiary/aromatic N) is 1. The molecule has 2 aromatic rings. The van der Waals surface area contributed by atoms with Crippen molar-refractivity contribution in [3.05, 3.63) is 48.0 Å². The second-order valence-electron chi connectivity index (χ2n) is 7.96. The van der Waals surface area contributed by atoms with Crippen molar-refractivity contribution in [3.8, 4) is 11.5 Å². The fourth-order valence-electron chi connectivity index (χ4n) is 4.12. The van der Waals surface area contributed by atoms with E-state index in [0.29, 0.717) is 44.1 Å². The summed E-state index contributed by atoms with van der Waals surface area (Å²) in [6.45, 7) is 3.27. The van der Waals surface area contributed by atoms with Gasteiger partial charge in [-0.1, -0.05) is 24.6 Å². The predicted octanol–water partition coefficient (Wildman–Crippen LogP) is 3.27. The summed E-state index contributed by atoms with van der Waals surface area (Å²) in [5, 5.41) is 0. The van der Waals surface area contributed by atoms with Gasteiger partial charge in [-0.3, -0.25) is 4.79 Å². The summed E-state index contributed by atoms with van der Waals surface area (Å²) in [5.41, 5.74) is 2.24. The molecule has 2 aliphatic rings. The van der Waals surface area contributed by atoms with E-state index in [1.54, 1.807) is 6.07 Å². The topological polar surface area (TPSA) is 84.9 Å². The van der Waals surface area contributed by atoms with E-state index < -0.39 is 10.0 Å². The summed E-state index contributed by atoms with van der Waals surface area (Å²) in [6, 6.07) is 12.9. The van der Waals surface area contributed by atoms with Crippen LogP contribution < -0.4 is 19.1 Å². The number of amides is 1. The number of para-hydroxylation sites is 1. The monoisotopic (exact) mass is 444 g/mol. The van der Waals surface area contributed by atoms with Gasteiger partial charge in [-0.2, -0.15) is 0 Å². The predicted molar refractivity (Wildman–Crippen MR) is 118 cm³/mol. The van der Waals surface area contributed by atoms with Crippen molar-refractivity contribution in [1.82, 2.24) is 4.72 Å². The molecule has 0 aromatic heterocycles. The van der Waals surface area contributed by atoms with Gasteiger partial charge in [-0.25, -0.2) is 13.1 Å². The lowest BCUT2D eigenvalue weighted by Gasteiger charge is -2.22. The van der Waals surface area contributed by atoms with Crippen LogP contribution in [0.5, 0.6) is 11.5 Å². The van der Waals surface area contributed by atoms with Crippen LogP contribution in [0.3, 0.4) is 0 Å². The van der Waals surface area contributed by atoms with E-state index in [2.05, 4.69) is 17.7 Å². The Morgan fingerprint density at radius 3 is 2.68 bits per heavy atom. The molecule has 0 spiro atoms. The quantitative estimate of drug-likeness (QED) is 0.632. The van der Waals surface area contributed by atoms with Gasteiger partial charge in [0, 0.05) is 30.8 Å². The van der Waals surface area contributed by atoms with Crippen LogP contribution in [0.4, 0.5) is 5.69 Å². The molecule has 0 radical (unpaired) electrons. The Kier molecular flexibility index (Phi) is 6.48. The summed E-state index contributed by atoms with van der Waals surface area (Å²) in [4.78, 5) is 14.8. The smallest absolute Gasteiger partial charge is 0.240 e. The highest BCUT2D eigenvalue weighted by molar-refractivity contribution is 7.89. The third-order valence-electron chi connectivity index (χ3n) is 5.66. The van der Waals surface area contributed by atoms with Gasteiger partial charge >= 0.3 is 0 Å². The molecule has 2 aromatic carbocycles. The molecular weight excluding hydrogens is 416 g/mol. The number of anilines is 1. The van der Waals surface area contributed by atoms with Crippen molar-refractivity contribution in [1.29, 1.82) is 0 Å². The maximum atomic E-state index is 12.7. The average Bonchev–Trinajstić information content (AvgIpc) is 3.11. The van der Waals surface area contributed by atoms with Crippen molar-refractivity contribution in [2.24, 2.45) is 0 Å². The molecule has 2 heterocycles. The number of benzene rings is 2. The molecule has 0 fully saturated rings. The van der Waals surface area contributed by atoms with Crippen LogP contribution in [0.15, 0.2) is 47.4 Å². The van der Waals surface area contributed by atoms with Crippen molar-refractivity contribution < 1.29 is 22.7 Å². The lowest BCUT2D eigenvalue weighted by molar-refractivity contribution is -0.119. The molecule has 0 aliphatic carbocycles. The first-order valence-corrected chi connectivity index (χ1v) is 12.2. The lowest BCUT2D eigenvalue weighted by Crippen LogP contribution is -2.35. The van der Waals surface area contributed by atoms with Gasteiger partial charge in [-0.15, -0.1) is 0 Å². The second-order valence-corrected chi connectivity index (χ2v) is 9.73. The van der Waals surface area contributed by atoms with Gasteiger partial charge in [-0.05, 0) is 49.9 Å². The molecule has 0 saturated carbocycles. The van der Waals surface area contributed by atoms with Crippen LogP contribution in [-0.4, -0.2) is 40.1 Å². The molecule has 0 bridgehead atoms. The molecule has 1 N–H and O–H groups in total. The summed E-state index contributed by atoms with van der Waals surface area (Å²) < 4.78 is 38.5. The van der Waals surface area contributed by atoms with Gasteiger partial charge in [0.2, 0.25) is 15.9 Å². The van der Waals surface area contributed by atoms with Crippen LogP contribution >= 0.6 is 0 Å². The van der Waals surface area contributed by atoms with E-state index in [-0.39, 0.29) is 16.8 Å². The fraction of sp³-hybridized carbons (Fsp3) is 0.435. The molecule has 0 saturated heterocycles. The number of carbonyl (C=O) groups is 1. The second kappa shape index (κ2) is 9.28. The van der Waals surface area contributed by atoms with Crippen molar-refractivity contribution in [3.63, 3.8) is 0 Å². The zero-order valence-corrected chi connectivity index (χ0v) is 18.5. The zero-order valence-electron chi connectivity index (χ0n) is 17.7. The number of hydrogen-bond donors (Lipinski definition) is 1. The molecule has 31 heavy (non-hydrogen) atoms. The van der Waals surface area contributed by atoms with Crippen LogP contribution in [0.2, 0.25) is 0 Å². The minimum absolute atomic E-state index is 0.134. The Morgan fingerprint density at radius 1 is 1.06 bits per heavy atom. The maximum Gasteiger partial charge on any atom is 0.240 e. The number of hydrogen-bond acceptors (Lipinski definition) is 5. The van der Waals surface area contributed by atoms with E-state index >= 15 is 0 Å². The summed E-state index contributed by atoms with van der Waals surface area (Å²) in [7, 11) is -3.61. The number of nitrogens with one attached hydrogen (secondary N) is 1. The Hall–Kier alpha value is -2.58. The Bertz CT molecular complexity index is 1050. The third-order valence-corrected chi connectivity index (χ3v) is 7.12. The SMILES string of the molecule is CC1Cc2ccccc2N1C(=O)CCCCCNS(=O)(=O)c1ccc2c(c1)OCCO2. The largest absolute Gasteiger partial charge is 0.486 e. The fourth-order valence-corrected chi connectivity index (χ4v) is 5.21. The number of unbranched alkanes of at least 4 members (excludes halogenated alkanes) is 2. The first-order chi connectivity index (χ1) is 15.0. The van der Waals surface area contributed by atoms with Gasteiger partial charge in [0.15, 0.2) is 11.5 Å². The van der Waals surface area contributed by atoms with E-state index in [1.165, 1.54) is 17.7 Å². The Balaban J connectivity index is 1.21. The van der Waals surface area contributed by atoms with E-state index in [1.807, 2.05) is 23.1 Å². The highest BCUT2D eigenvalue weighted by Gasteiger charge is 2.29. The highest BCUT2D eigenvalue weighted by atomic mass is 32.2. The zero-order chi connectivity index (χ0) is 21.8. The van der Waals surface area contributed by atoms with E-state index in [4.69, 9.17) is 9.47 Å². The molecule has 8 heteroatoms. The van der Waals surface area contributed by atoms with Crippen molar-refractivity contribution in [2.45, 2.75) is 50.0 Å². The van der Waals surface area contributed by atoms with Crippen LogP contribution in [0.1, 0.15) is 38.2 Å². The number of fused-ring (bicyclic) bond motifs is 2. The molecule has 166 valence electrons. The summed E-state index contributed by atoms with van der Waals surface area (Å²) in [6.07, 6.45) is 3.54. The molecule has 1 amide bonds. The molecule has 1 atom stereocenters. The highest BCUT2D eigenvalue weighted by Crippen LogP contribution is 2.33. The first kappa shape index (κ1) is 21.6. The van der Waals surface area contributed by atoms with Gasteiger partial charge in [0.25, 0.3) is 0 Å². The van der Waals surface area contributed by atoms with Crippen LogP contribution in [0, 0.1) is 0 Å². The standard InChI is InChI=1S/C23H28N2O5S/c1-17-15-18-7-4-5-8-20(18)25(17)23(26)9-3-2-6-12-24-31(27,28)19-10-11-21-22(16-19)30-14-13-29-21/h4-5,7-8,10-11,16-17,24H,2-3,6,9,12-15H2,1H3. The van der Waals surface area contributed by atoms with E-state index in [9.17, 15) is 13.2 Å². The average molecular weight is 445 g/mol. The van der Waals surface area contributed by atoms with Crippen LogP contribution in [-0.2, 0) is 21.2 Å². The molecular formula is C23H28N2O5S. The third kappa shape index (κ3) is 4.85. The Morgan fingerprint density at radius 2 is 1.84 bits per heavy atom. The van der Waals surface area contributed by atoms with Crippen molar-refractivity contribution in [2.75, 3.05) is 24.7 Å². The van der Waals surface area contributed by atoms with Gasteiger partial charge in [0.05, 0.1) is 4.90 Å². The summed E-state index contributed by atoms with van der Waals surface area (Å²) >= 11 is 0. The minimum Gasteiger partial charge on any atom is -0.486 e. The number of ether oxygens (including phenoxy) is 2. The minimum atomic E-state index is -3.61. The molecule has 1 unspecified atom stereocenters. The number of sulfonamides is 1. The molecule has 4 rings (SSSR count). The maximum absolute atomic E-state index is 12.7. The molecule has 2 aliphatic heterocycles. The normalized spacial score (nSPS) is 17.5. The van der Waals surface area contributed by atoms with Crippen LogP contribution in [0.25, 0.3) is 0 Å². The first-order valence-electron chi connectivity index (χ1n) is 10.7. The molecule has 7 nitrogen and oxygen atoms in total.